The van der Waals surface area contributed by atoms with Gasteiger partial charge in [0.2, 0.25) is 11.8 Å². The molecule has 0 aliphatic carbocycles. The van der Waals surface area contributed by atoms with Gasteiger partial charge in [0.05, 0.1) is 0 Å². The molecule has 1 atom stereocenters. The number of hydrogen-bond acceptors (Lipinski definition) is 5. The van der Waals surface area contributed by atoms with Gasteiger partial charge >= 0.3 is 0 Å². The lowest BCUT2D eigenvalue weighted by Gasteiger charge is -2.21. The van der Waals surface area contributed by atoms with Crippen LogP contribution in [0, 0.1) is 0 Å². The predicted molar refractivity (Wildman–Crippen MR) is 101 cm³/mol. The average molecular weight is 348 g/mol. The van der Waals surface area contributed by atoms with Crippen molar-refractivity contribution >= 4 is 40.1 Å². The first-order chi connectivity index (χ1) is 11.5. The molecule has 1 fully saturated rings. The first kappa shape index (κ1) is 18.3. The third kappa shape index (κ3) is 4.08. The van der Waals surface area contributed by atoms with Gasteiger partial charge < -0.3 is 10.2 Å². The van der Waals surface area contributed by atoms with Crippen molar-refractivity contribution in [3.05, 3.63) is 24.3 Å². The fourth-order valence-corrected chi connectivity index (χ4v) is 3.72. The standard InChI is InChI=1S/C17H24N4O2S/c1-5-21(6-2)13-9-7-12(8-10-13)19-15(22)11-14-16(23)20(4)17(18-3)24-14/h7-10,14H,5-6,11H2,1-4H3,(H,19,22). The Hall–Kier alpha value is -2.02. The zero-order chi connectivity index (χ0) is 17.7. The van der Waals surface area contributed by atoms with Crippen molar-refractivity contribution in [3.8, 4) is 0 Å². The number of amides is 2. The Kier molecular flexibility index (Phi) is 6.25. The maximum atomic E-state index is 12.2. The van der Waals surface area contributed by atoms with E-state index in [1.54, 1.807) is 14.1 Å². The van der Waals surface area contributed by atoms with Gasteiger partial charge in [0.15, 0.2) is 5.17 Å². The Morgan fingerprint density at radius 2 is 1.92 bits per heavy atom. The molecule has 1 aromatic carbocycles. The van der Waals surface area contributed by atoms with E-state index >= 15 is 0 Å². The fourth-order valence-electron chi connectivity index (χ4n) is 2.62. The quantitative estimate of drug-likeness (QED) is 0.857. The van der Waals surface area contributed by atoms with E-state index in [9.17, 15) is 9.59 Å². The van der Waals surface area contributed by atoms with E-state index in [0.717, 1.165) is 24.5 Å². The molecule has 1 aliphatic heterocycles. The second kappa shape index (κ2) is 8.19. The highest BCUT2D eigenvalue weighted by atomic mass is 32.2. The number of hydrogen-bond donors (Lipinski definition) is 1. The molecule has 0 spiro atoms. The summed E-state index contributed by atoms with van der Waals surface area (Å²) < 4.78 is 0. The van der Waals surface area contributed by atoms with Crippen LogP contribution in [0.3, 0.4) is 0 Å². The Morgan fingerprint density at radius 3 is 2.42 bits per heavy atom. The van der Waals surface area contributed by atoms with Crippen LogP contribution in [-0.4, -0.2) is 54.3 Å². The molecule has 1 aromatic rings. The second-order valence-electron chi connectivity index (χ2n) is 5.48. The molecule has 1 N–H and O–H groups in total. The van der Waals surface area contributed by atoms with Crippen molar-refractivity contribution in [1.82, 2.24) is 4.90 Å². The number of thioether (sulfide) groups is 1. The molecular weight excluding hydrogens is 324 g/mol. The summed E-state index contributed by atoms with van der Waals surface area (Å²) in [7, 11) is 3.33. The van der Waals surface area contributed by atoms with Crippen molar-refractivity contribution < 1.29 is 9.59 Å². The molecule has 7 heteroatoms. The first-order valence-corrected chi connectivity index (χ1v) is 8.94. The fraction of sp³-hybridized carbons (Fsp3) is 0.471. The van der Waals surface area contributed by atoms with Crippen molar-refractivity contribution in [2.45, 2.75) is 25.5 Å². The molecule has 1 heterocycles. The molecule has 6 nitrogen and oxygen atoms in total. The summed E-state index contributed by atoms with van der Waals surface area (Å²) in [6, 6.07) is 7.77. The van der Waals surface area contributed by atoms with Crippen LogP contribution in [0.5, 0.6) is 0 Å². The molecule has 0 aromatic heterocycles. The highest BCUT2D eigenvalue weighted by Gasteiger charge is 2.36. The maximum Gasteiger partial charge on any atom is 0.242 e. The minimum Gasteiger partial charge on any atom is -0.372 e. The van der Waals surface area contributed by atoms with Crippen LogP contribution in [0.4, 0.5) is 11.4 Å². The van der Waals surface area contributed by atoms with Gasteiger partial charge in [0.1, 0.15) is 5.25 Å². The third-order valence-electron chi connectivity index (χ3n) is 3.98. The Balaban J connectivity index is 1.94. The number of amidine groups is 1. The summed E-state index contributed by atoms with van der Waals surface area (Å²) in [5.74, 6) is -0.241. The summed E-state index contributed by atoms with van der Waals surface area (Å²) in [6.45, 7) is 6.11. The second-order valence-corrected chi connectivity index (χ2v) is 6.65. The predicted octanol–water partition coefficient (Wildman–Crippen LogP) is 2.42. The maximum absolute atomic E-state index is 12.2. The van der Waals surface area contributed by atoms with Crippen LogP contribution >= 0.6 is 11.8 Å². The number of rotatable bonds is 6. The minimum atomic E-state index is -0.399. The molecule has 24 heavy (non-hydrogen) atoms. The van der Waals surface area contributed by atoms with Crippen molar-refractivity contribution in [2.75, 3.05) is 37.4 Å². The molecule has 0 bridgehead atoms. The van der Waals surface area contributed by atoms with E-state index in [1.165, 1.54) is 16.7 Å². The molecule has 130 valence electrons. The van der Waals surface area contributed by atoms with E-state index < -0.39 is 5.25 Å². The molecule has 2 amide bonds. The zero-order valence-corrected chi connectivity index (χ0v) is 15.4. The topological polar surface area (TPSA) is 65.0 Å². The van der Waals surface area contributed by atoms with E-state index in [0.29, 0.717) is 5.17 Å². The largest absolute Gasteiger partial charge is 0.372 e. The smallest absolute Gasteiger partial charge is 0.242 e. The number of benzene rings is 1. The van der Waals surface area contributed by atoms with Crippen molar-refractivity contribution in [3.63, 3.8) is 0 Å². The van der Waals surface area contributed by atoms with Gasteiger partial charge in [-0.2, -0.15) is 0 Å². The average Bonchev–Trinajstić information content (AvgIpc) is 2.85. The Morgan fingerprint density at radius 1 is 1.29 bits per heavy atom. The molecule has 1 saturated heterocycles. The summed E-state index contributed by atoms with van der Waals surface area (Å²) in [5, 5.41) is 3.11. The third-order valence-corrected chi connectivity index (χ3v) is 5.30. The van der Waals surface area contributed by atoms with E-state index in [2.05, 4.69) is 29.1 Å². The number of aliphatic imine (C=N–C) groups is 1. The monoisotopic (exact) mass is 348 g/mol. The van der Waals surface area contributed by atoms with Gasteiger partial charge in [0.25, 0.3) is 0 Å². The zero-order valence-electron chi connectivity index (χ0n) is 14.6. The van der Waals surface area contributed by atoms with Crippen LogP contribution in [0.25, 0.3) is 0 Å². The van der Waals surface area contributed by atoms with Gasteiger partial charge in [-0.15, -0.1) is 0 Å². The number of carbonyl (C=O) groups is 2. The van der Waals surface area contributed by atoms with E-state index in [-0.39, 0.29) is 18.2 Å². The number of anilines is 2. The number of carbonyl (C=O) groups excluding carboxylic acids is 2. The minimum absolute atomic E-state index is 0.0763. The number of nitrogens with one attached hydrogen (secondary N) is 1. The molecule has 0 radical (unpaired) electrons. The van der Waals surface area contributed by atoms with Gasteiger partial charge in [-0.1, -0.05) is 11.8 Å². The SMILES string of the molecule is CCN(CC)c1ccc(NC(=O)CC2SC(=NC)N(C)C2=O)cc1. The van der Waals surface area contributed by atoms with Crippen LogP contribution in [-0.2, 0) is 9.59 Å². The molecule has 1 aliphatic rings. The van der Waals surface area contributed by atoms with Gasteiger partial charge in [-0.25, -0.2) is 0 Å². The van der Waals surface area contributed by atoms with Crippen molar-refractivity contribution in [1.29, 1.82) is 0 Å². The van der Waals surface area contributed by atoms with Gasteiger partial charge in [0, 0.05) is 45.0 Å². The first-order valence-electron chi connectivity index (χ1n) is 8.06. The lowest BCUT2D eigenvalue weighted by atomic mass is 10.2. The van der Waals surface area contributed by atoms with Crippen LogP contribution in [0.15, 0.2) is 29.3 Å². The van der Waals surface area contributed by atoms with E-state index in [4.69, 9.17) is 0 Å². The summed E-state index contributed by atoms with van der Waals surface area (Å²) in [6.07, 6.45) is 0.144. The Labute approximate surface area is 147 Å². The van der Waals surface area contributed by atoms with Crippen LogP contribution < -0.4 is 10.2 Å². The normalized spacial score (nSPS) is 19.0. The van der Waals surface area contributed by atoms with Crippen LogP contribution in [0.2, 0.25) is 0 Å². The Bertz CT molecular complexity index is 626. The lowest BCUT2D eigenvalue weighted by Crippen LogP contribution is -2.30. The molecule has 2 rings (SSSR count). The summed E-state index contributed by atoms with van der Waals surface area (Å²) in [5.41, 5.74) is 1.87. The number of nitrogens with zero attached hydrogens (tertiary/aromatic N) is 3. The lowest BCUT2D eigenvalue weighted by molar-refractivity contribution is -0.127. The highest BCUT2D eigenvalue weighted by Crippen LogP contribution is 2.28. The molecule has 1 unspecified atom stereocenters. The highest BCUT2D eigenvalue weighted by molar-refractivity contribution is 8.15. The van der Waals surface area contributed by atoms with Crippen LogP contribution in [0.1, 0.15) is 20.3 Å². The summed E-state index contributed by atoms with van der Waals surface area (Å²) in [4.78, 5) is 32.1. The molecule has 0 saturated carbocycles. The summed E-state index contributed by atoms with van der Waals surface area (Å²) >= 11 is 1.34. The molecular formula is C17H24N4O2S. The van der Waals surface area contributed by atoms with Gasteiger partial charge in [-0.05, 0) is 38.1 Å². The van der Waals surface area contributed by atoms with Gasteiger partial charge in [-0.3, -0.25) is 19.5 Å². The van der Waals surface area contributed by atoms with Crippen molar-refractivity contribution in [2.24, 2.45) is 4.99 Å². The van der Waals surface area contributed by atoms with E-state index in [1.807, 2.05) is 24.3 Å².